The van der Waals surface area contributed by atoms with Crippen LogP contribution in [0, 0.1) is 0 Å². The van der Waals surface area contributed by atoms with E-state index in [4.69, 9.17) is 0 Å². The van der Waals surface area contributed by atoms with Crippen LogP contribution in [-0.2, 0) is 0 Å². The second kappa shape index (κ2) is 5.31. The van der Waals surface area contributed by atoms with Crippen molar-refractivity contribution in [1.29, 1.82) is 0 Å². The van der Waals surface area contributed by atoms with Crippen LogP contribution < -0.4 is 0 Å². The van der Waals surface area contributed by atoms with E-state index in [0.29, 0.717) is 0 Å². The number of para-hydroxylation sites is 1. The molecule has 0 bridgehead atoms. The van der Waals surface area contributed by atoms with E-state index in [1.807, 2.05) is 60.8 Å². The minimum absolute atomic E-state index is 0.902. The van der Waals surface area contributed by atoms with Crippen LogP contribution in [0.3, 0.4) is 0 Å². The first-order chi connectivity index (χ1) is 9.43. The normalized spacial score (nSPS) is 11.8. The number of hydrogen-bond donors (Lipinski definition) is 0. The monoisotopic (exact) mass is 247 g/mol. The van der Waals surface area contributed by atoms with Crippen LogP contribution in [0.25, 0.3) is 23.3 Å². The van der Waals surface area contributed by atoms with E-state index in [-0.39, 0.29) is 0 Å². The lowest BCUT2D eigenvalue weighted by Gasteiger charge is -1.92. The van der Waals surface area contributed by atoms with Crippen molar-refractivity contribution in [2.45, 2.75) is 0 Å². The van der Waals surface area contributed by atoms with Crippen LogP contribution in [0.4, 0.5) is 0 Å². The van der Waals surface area contributed by atoms with Gasteiger partial charge in [0, 0.05) is 6.20 Å². The molecular formula is C16H13N3. The van der Waals surface area contributed by atoms with Crippen molar-refractivity contribution in [3.63, 3.8) is 0 Å². The second-order valence-electron chi connectivity index (χ2n) is 4.13. The van der Waals surface area contributed by atoms with Crippen LogP contribution in [0.5, 0.6) is 0 Å². The first-order valence-corrected chi connectivity index (χ1v) is 6.13. The van der Waals surface area contributed by atoms with E-state index >= 15 is 0 Å². The maximum atomic E-state index is 4.09. The fraction of sp³-hybridized carbons (Fsp3) is 0. The Hall–Kier alpha value is -2.68. The summed E-state index contributed by atoms with van der Waals surface area (Å²) < 4.78 is 1.77. The topological polar surface area (TPSA) is 30.7 Å². The minimum Gasteiger partial charge on any atom is -0.220 e. The number of benzene rings is 2. The molecule has 3 rings (SSSR count). The summed E-state index contributed by atoms with van der Waals surface area (Å²) in [6.07, 6.45) is 7.89. The summed E-state index contributed by atoms with van der Waals surface area (Å²) in [4.78, 5) is 0. The zero-order valence-electron chi connectivity index (χ0n) is 10.3. The van der Waals surface area contributed by atoms with E-state index < -0.39 is 0 Å². The molecule has 3 heteroatoms. The highest BCUT2D eigenvalue weighted by atomic mass is 15.4. The highest BCUT2D eigenvalue weighted by Gasteiger charge is 1.98. The SMILES string of the molecule is C(/C=C/n1nnc2ccccc21)=C\c1ccccc1. The van der Waals surface area contributed by atoms with Gasteiger partial charge in [-0.15, -0.1) is 5.10 Å². The molecule has 0 unspecified atom stereocenters. The van der Waals surface area contributed by atoms with Gasteiger partial charge in [-0.3, -0.25) is 0 Å². The zero-order valence-corrected chi connectivity index (χ0v) is 10.3. The van der Waals surface area contributed by atoms with Gasteiger partial charge in [0.05, 0.1) is 5.52 Å². The van der Waals surface area contributed by atoms with Gasteiger partial charge < -0.3 is 0 Å². The van der Waals surface area contributed by atoms with Gasteiger partial charge >= 0.3 is 0 Å². The molecule has 0 radical (unpaired) electrons. The Morgan fingerprint density at radius 2 is 1.63 bits per heavy atom. The molecule has 92 valence electrons. The van der Waals surface area contributed by atoms with Crippen molar-refractivity contribution in [3.05, 3.63) is 72.3 Å². The smallest absolute Gasteiger partial charge is 0.113 e. The van der Waals surface area contributed by atoms with Crippen LogP contribution in [0.2, 0.25) is 0 Å². The van der Waals surface area contributed by atoms with Gasteiger partial charge in [0.2, 0.25) is 0 Å². The van der Waals surface area contributed by atoms with Crippen molar-refractivity contribution in [2.24, 2.45) is 0 Å². The molecular weight excluding hydrogens is 234 g/mol. The number of nitrogens with zero attached hydrogens (tertiary/aromatic N) is 3. The van der Waals surface area contributed by atoms with Gasteiger partial charge in [0.1, 0.15) is 5.52 Å². The lowest BCUT2D eigenvalue weighted by Crippen LogP contribution is -1.87. The Labute approximate surface area is 111 Å². The van der Waals surface area contributed by atoms with E-state index in [9.17, 15) is 0 Å². The summed E-state index contributed by atoms with van der Waals surface area (Å²) in [5.41, 5.74) is 3.08. The summed E-state index contributed by atoms with van der Waals surface area (Å²) >= 11 is 0. The summed E-state index contributed by atoms with van der Waals surface area (Å²) in [5.74, 6) is 0. The molecule has 19 heavy (non-hydrogen) atoms. The Balaban J connectivity index is 1.78. The summed E-state index contributed by atoms with van der Waals surface area (Å²) in [5, 5.41) is 8.18. The van der Waals surface area contributed by atoms with Crippen molar-refractivity contribution < 1.29 is 0 Å². The van der Waals surface area contributed by atoms with E-state index in [1.54, 1.807) is 4.68 Å². The van der Waals surface area contributed by atoms with Crippen molar-refractivity contribution >= 4 is 23.3 Å². The lowest BCUT2D eigenvalue weighted by atomic mass is 10.2. The van der Waals surface area contributed by atoms with Crippen LogP contribution >= 0.6 is 0 Å². The highest BCUT2D eigenvalue weighted by Crippen LogP contribution is 2.09. The lowest BCUT2D eigenvalue weighted by molar-refractivity contribution is 0.861. The second-order valence-corrected chi connectivity index (χ2v) is 4.13. The largest absolute Gasteiger partial charge is 0.220 e. The van der Waals surface area contributed by atoms with Gasteiger partial charge in [-0.1, -0.05) is 59.8 Å². The Morgan fingerprint density at radius 3 is 2.53 bits per heavy atom. The molecule has 1 aromatic heterocycles. The number of rotatable bonds is 3. The van der Waals surface area contributed by atoms with Crippen molar-refractivity contribution in [3.8, 4) is 0 Å². The van der Waals surface area contributed by atoms with Crippen molar-refractivity contribution in [2.75, 3.05) is 0 Å². The molecule has 0 amide bonds. The Bertz CT molecular complexity index is 724. The van der Waals surface area contributed by atoms with Gasteiger partial charge in [-0.25, -0.2) is 4.68 Å². The van der Waals surface area contributed by atoms with E-state index in [1.165, 1.54) is 5.56 Å². The van der Waals surface area contributed by atoms with Crippen LogP contribution in [0.1, 0.15) is 5.56 Å². The average molecular weight is 247 g/mol. The molecule has 0 spiro atoms. The number of hydrogen-bond acceptors (Lipinski definition) is 2. The molecule has 3 aromatic rings. The average Bonchev–Trinajstić information content (AvgIpc) is 2.88. The van der Waals surface area contributed by atoms with Crippen LogP contribution in [-0.4, -0.2) is 15.0 Å². The predicted octanol–water partition coefficient (Wildman–Crippen LogP) is 3.62. The minimum atomic E-state index is 0.902. The molecule has 1 heterocycles. The molecule has 0 N–H and O–H groups in total. The van der Waals surface area contributed by atoms with Gasteiger partial charge in [-0.2, -0.15) is 0 Å². The highest BCUT2D eigenvalue weighted by molar-refractivity contribution is 5.75. The molecule has 0 aliphatic rings. The molecule has 0 atom stereocenters. The first-order valence-electron chi connectivity index (χ1n) is 6.13. The maximum Gasteiger partial charge on any atom is 0.113 e. The molecule has 3 nitrogen and oxygen atoms in total. The zero-order chi connectivity index (χ0) is 12.9. The quantitative estimate of drug-likeness (QED) is 0.662. The fourth-order valence-corrected chi connectivity index (χ4v) is 1.86. The van der Waals surface area contributed by atoms with Crippen LogP contribution in [0.15, 0.2) is 66.7 Å². The summed E-state index contributed by atoms with van der Waals surface area (Å²) in [7, 11) is 0. The predicted molar refractivity (Wildman–Crippen MR) is 78.3 cm³/mol. The maximum absolute atomic E-state index is 4.09. The first kappa shape index (κ1) is 11.4. The molecule has 0 saturated heterocycles. The third kappa shape index (κ3) is 2.60. The number of allylic oxidation sites excluding steroid dienone is 2. The van der Waals surface area contributed by atoms with E-state index in [0.717, 1.165) is 11.0 Å². The Morgan fingerprint density at radius 1 is 0.842 bits per heavy atom. The molecule has 0 fully saturated rings. The third-order valence-electron chi connectivity index (χ3n) is 2.80. The molecule has 0 saturated carbocycles. The number of aromatic nitrogens is 3. The molecule has 0 aliphatic carbocycles. The van der Waals surface area contributed by atoms with Crippen molar-refractivity contribution in [1.82, 2.24) is 15.0 Å². The van der Waals surface area contributed by atoms with E-state index in [2.05, 4.69) is 28.5 Å². The standard InChI is InChI=1S/C16H13N3/c1-2-8-14(9-3-1)10-6-7-13-19-16-12-5-4-11-15(16)17-18-19/h1-13H/b10-6+,13-7+. The summed E-state index contributed by atoms with van der Waals surface area (Å²) in [6, 6.07) is 18.1. The third-order valence-corrected chi connectivity index (χ3v) is 2.80. The number of fused-ring (bicyclic) bond motifs is 1. The fourth-order valence-electron chi connectivity index (χ4n) is 1.86. The summed E-state index contributed by atoms with van der Waals surface area (Å²) in [6.45, 7) is 0. The molecule has 0 aliphatic heterocycles. The Kier molecular flexibility index (Phi) is 3.19. The van der Waals surface area contributed by atoms with Gasteiger partial charge in [0.25, 0.3) is 0 Å². The molecule has 2 aromatic carbocycles. The van der Waals surface area contributed by atoms with Gasteiger partial charge in [-0.05, 0) is 23.8 Å². The van der Waals surface area contributed by atoms with Gasteiger partial charge in [0.15, 0.2) is 0 Å².